The van der Waals surface area contributed by atoms with E-state index in [4.69, 9.17) is 9.47 Å². The van der Waals surface area contributed by atoms with E-state index in [2.05, 4.69) is 27.8 Å². The van der Waals surface area contributed by atoms with E-state index in [0.717, 1.165) is 49.0 Å². The van der Waals surface area contributed by atoms with E-state index in [0.29, 0.717) is 24.5 Å². The Morgan fingerprint density at radius 1 is 1.05 bits per heavy atom. The maximum Gasteiger partial charge on any atom is 0.253 e. The topological polar surface area (TPSA) is 72.5 Å². The van der Waals surface area contributed by atoms with Crippen LogP contribution < -0.4 is 15.4 Å². The van der Waals surface area contributed by atoms with E-state index >= 15 is 0 Å². The first-order valence-electron chi connectivity index (χ1n) is 12.9. The molecule has 37 heavy (non-hydrogen) atoms. The molecule has 0 unspecified atom stereocenters. The normalized spacial score (nSPS) is 18.3. The fraction of sp³-hybridized carbons (Fsp3) is 0.333. The molecule has 0 spiro atoms. The monoisotopic (exact) mass is 501 g/mol. The van der Waals surface area contributed by atoms with Crippen LogP contribution in [0.5, 0.6) is 5.75 Å². The molecule has 2 fully saturated rings. The molecule has 0 aliphatic carbocycles. The van der Waals surface area contributed by atoms with Crippen LogP contribution in [-0.2, 0) is 4.74 Å². The first-order chi connectivity index (χ1) is 18.1. The maximum absolute atomic E-state index is 13.6. The summed E-state index contributed by atoms with van der Waals surface area (Å²) in [5.74, 6) is 0.124. The van der Waals surface area contributed by atoms with Crippen molar-refractivity contribution in [3.05, 3.63) is 101 Å². The highest BCUT2D eigenvalue weighted by molar-refractivity contribution is 5.94. The van der Waals surface area contributed by atoms with Crippen molar-refractivity contribution in [1.82, 2.24) is 15.6 Å². The molecule has 3 aromatic rings. The third-order valence-corrected chi connectivity index (χ3v) is 6.91. The summed E-state index contributed by atoms with van der Waals surface area (Å²) < 4.78 is 24.8. The Hall–Kier alpha value is -3.55. The predicted octanol–water partition coefficient (Wildman–Crippen LogP) is 5.06. The zero-order valence-corrected chi connectivity index (χ0v) is 21.0. The molecule has 1 amide bonds. The number of carbonyl (C=O) groups excluding carboxylic acids is 1. The molecule has 3 heterocycles. The molecule has 7 heteroatoms. The number of piperidine rings is 1. The standard InChI is InChI=1S/C30H32FN3O3/c1-20(34-30(35)25-16-28(18-33-17-25)37-27-12-15-36-19-27)21-2-4-22(5-3-21)29(24-10-13-32-14-11-24)23-6-8-26(31)9-7-23/h2-9,16-18,20,27,32H,10-15,19H2,1H3,(H,34,35)/t20-,27+/m1/s1. The van der Waals surface area contributed by atoms with Gasteiger partial charge >= 0.3 is 0 Å². The summed E-state index contributed by atoms with van der Waals surface area (Å²) in [6, 6.07) is 16.5. The van der Waals surface area contributed by atoms with Gasteiger partial charge in [0.1, 0.15) is 17.7 Å². The molecule has 2 saturated heterocycles. The number of nitrogens with zero attached hydrogens (tertiary/aromatic N) is 1. The Morgan fingerprint density at radius 3 is 2.43 bits per heavy atom. The number of amides is 1. The average molecular weight is 502 g/mol. The van der Waals surface area contributed by atoms with Crippen molar-refractivity contribution in [2.24, 2.45) is 0 Å². The van der Waals surface area contributed by atoms with Gasteiger partial charge in [-0.2, -0.15) is 0 Å². The molecule has 2 aromatic carbocycles. The van der Waals surface area contributed by atoms with Gasteiger partial charge in [-0.1, -0.05) is 42.0 Å². The van der Waals surface area contributed by atoms with E-state index in [1.54, 1.807) is 18.5 Å². The predicted molar refractivity (Wildman–Crippen MR) is 141 cm³/mol. The Labute approximate surface area is 216 Å². The molecule has 6 nitrogen and oxygen atoms in total. The van der Waals surface area contributed by atoms with Crippen LogP contribution >= 0.6 is 0 Å². The average Bonchev–Trinajstić information content (AvgIpc) is 3.44. The molecule has 0 radical (unpaired) electrons. The van der Waals surface area contributed by atoms with Gasteiger partial charge in [-0.05, 0) is 73.3 Å². The summed E-state index contributed by atoms with van der Waals surface area (Å²) >= 11 is 0. The fourth-order valence-corrected chi connectivity index (χ4v) is 4.88. The largest absolute Gasteiger partial charge is 0.486 e. The number of hydrogen-bond acceptors (Lipinski definition) is 5. The van der Waals surface area contributed by atoms with Crippen molar-refractivity contribution in [3.8, 4) is 5.75 Å². The Balaban J connectivity index is 1.30. The highest BCUT2D eigenvalue weighted by atomic mass is 19.1. The minimum Gasteiger partial charge on any atom is -0.486 e. The second-order valence-electron chi connectivity index (χ2n) is 9.57. The van der Waals surface area contributed by atoms with Gasteiger partial charge in [-0.15, -0.1) is 0 Å². The summed E-state index contributed by atoms with van der Waals surface area (Å²) in [5.41, 5.74) is 6.10. The molecule has 2 aliphatic heterocycles. The second-order valence-corrected chi connectivity index (χ2v) is 9.57. The van der Waals surface area contributed by atoms with Gasteiger partial charge in [-0.3, -0.25) is 9.78 Å². The highest BCUT2D eigenvalue weighted by Crippen LogP contribution is 2.32. The molecule has 5 rings (SSSR count). The van der Waals surface area contributed by atoms with Crippen LogP contribution in [0.2, 0.25) is 0 Å². The molecule has 192 valence electrons. The molecule has 0 saturated carbocycles. The number of carbonyl (C=O) groups is 1. The minimum absolute atomic E-state index is 0.00260. The van der Waals surface area contributed by atoms with Gasteiger partial charge < -0.3 is 20.1 Å². The number of rotatable bonds is 7. The summed E-state index contributed by atoms with van der Waals surface area (Å²) in [4.78, 5) is 17.1. The number of halogens is 1. The Morgan fingerprint density at radius 2 is 1.76 bits per heavy atom. The number of hydrogen-bond donors (Lipinski definition) is 2. The van der Waals surface area contributed by atoms with E-state index in [1.165, 1.54) is 23.3 Å². The number of benzene rings is 2. The molecule has 2 atom stereocenters. The van der Waals surface area contributed by atoms with E-state index in [1.807, 2.05) is 31.2 Å². The molecular weight excluding hydrogens is 469 g/mol. The van der Waals surface area contributed by atoms with Crippen LogP contribution in [0, 0.1) is 5.82 Å². The van der Waals surface area contributed by atoms with Crippen LogP contribution in [-0.4, -0.2) is 43.3 Å². The molecular formula is C30H32FN3O3. The van der Waals surface area contributed by atoms with Crippen molar-refractivity contribution in [2.75, 3.05) is 26.3 Å². The van der Waals surface area contributed by atoms with Crippen LogP contribution in [0.1, 0.15) is 59.3 Å². The molecule has 2 N–H and O–H groups in total. The van der Waals surface area contributed by atoms with E-state index < -0.39 is 0 Å². The first-order valence-corrected chi connectivity index (χ1v) is 12.9. The van der Waals surface area contributed by atoms with Crippen molar-refractivity contribution in [1.29, 1.82) is 0 Å². The zero-order chi connectivity index (χ0) is 25.6. The number of aromatic nitrogens is 1. The van der Waals surface area contributed by atoms with Crippen molar-refractivity contribution in [3.63, 3.8) is 0 Å². The fourth-order valence-electron chi connectivity index (χ4n) is 4.88. The Bertz CT molecular complexity index is 1240. The quantitative estimate of drug-likeness (QED) is 0.473. The van der Waals surface area contributed by atoms with Crippen molar-refractivity contribution in [2.45, 2.75) is 38.3 Å². The number of pyridine rings is 1. The lowest BCUT2D eigenvalue weighted by Crippen LogP contribution is -2.27. The third kappa shape index (κ3) is 6.24. The van der Waals surface area contributed by atoms with Gasteiger partial charge in [0.15, 0.2) is 0 Å². The van der Waals surface area contributed by atoms with Gasteiger partial charge in [-0.25, -0.2) is 4.39 Å². The molecule has 0 bridgehead atoms. The lowest BCUT2D eigenvalue weighted by molar-refractivity contribution is 0.0938. The van der Waals surface area contributed by atoms with Gasteiger partial charge in [0, 0.05) is 12.6 Å². The Kier molecular flexibility index (Phi) is 7.92. The smallest absolute Gasteiger partial charge is 0.253 e. The SMILES string of the molecule is C[C@@H](NC(=O)c1cncc(O[C@H]2CCOC2)c1)c1ccc(C(=C2CCNCC2)c2ccc(F)cc2)cc1. The first kappa shape index (κ1) is 25.1. The second kappa shape index (κ2) is 11.7. The van der Waals surface area contributed by atoms with Gasteiger partial charge in [0.2, 0.25) is 0 Å². The van der Waals surface area contributed by atoms with Gasteiger partial charge in [0.05, 0.1) is 31.0 Å². The van der Waals surface area contributed by atoms with Crippen LogP contribution in [0.4, 0.5) is 4.39 Å². The lowest BCUT2D eigenvalue weighted by Gasteiger charge is -2.22. The summed E-state index contributed by atoms with van der Waals surface area (Å²) in [6.45, 7) is 5.09. The van der Waals surface area contributed by atoms with Crippen molar-refractivity contribution >= 4 is 11.5 Å². The highest BCUT2D eigenvalue weighted by Gasteiger charge is 2.19. The summed E-state index contributed by atoms with van der Waals surface area (Å²) in [5, 5.41) is 6.47. The summed E-state index contributed by atoms with van der Waals surface area (Å²) in [6.07, 6.45) is 5.92. The third-order valence-electron chi connectivity index (χ3n) is 6.91. The molecule has 2 aliphatic rings. The van der Waals surface area contributed by atoms with Crippen LogP contribution in [0.3, 0.4) is 0 Å². The lowest BCUT2D eigenvalue weighted by atomic mass is 9.88. The van der Waals surface area contributed by atoms with E-state index in [9.17, 15) is 9.18 Å². The van der Waals surface area contributed by atoms with Crippen molar-refractivity contribution < 1.29 is 18.7 Å². The summed E-state index contributed by atoms with van der Waals surface area (Å²) in [7, 11) is 0. The van der Waals surface area contributed by atoms with Crippen LogP contribution in [0.25, 0.3) is 5.57 Å². The maximum atomic E-state index is 13.6. The van der Waals surface area contributed by atoms with Crippen LogP contribution in [0.15, 0.2) is 72.6 Å². The van der Waals surface area contributed by atoms with Gasteiger partial charge in [0.25, 0.3) is 5.91 Å². The molecule has 1 aromatic heterocycles. The minimum atomic E-state index is -0.238. The van der Waals surface area contributed by atoms with E-state index in [-0.39, 0.29) is 23.9 Å². The number of nitrogens with one attached hydrogen (secondary N) is 2. The zero-order valence-electron chi connectivity index (χ0n) is 21.0. The number of ether oxygens (including phenoxy) is 2.